The number of hydrogen-bond acceptors (Lipinski definition) is 16. The highest BCUT2D eigenvalue weighted by atomic mass is 32.5. The highest BCUT2D eigenvalue weighted by Crippen LogP contribution is 2.51. The van der Waals surface area contributed by atoms with Crippen molar-refractivity contribution in [3.05, 3.63) is 60.6 Å². The number of nitrogens with zero attached hydrogens (tertiary/aromatic N) is 5. The van der Waals surface area contributed by atoms with E-state index in [-0.39, 0.29) is 32.6 Å². The van der Waals surface area contributed by atoms with Crippen LogP contribution in [0.2, 0.25) is 0 Å². The van der Waals surface area contributed by atoms with Crippen LogP contribution >= 0.6 is 14.5 Å². The molecule has 0 aliphatic carbocycles. The molecule has 6 heterocycles. The molecule has 3 fully saturated rings. The molecule has 0 saturated carbocycles. The van der Waals surface area contributed by atoms with Crippen LogP contribution in [-0.2, 0) is 43.9 Å². The lowest BCUT2D eigenvalue weighted by Gasteiger charge is -2.36. The van der Waals surface area contributed by atoms with Crippen LogP contribution in [0.5, 0.6) is 0 Å². The predicted octanol–water partition coefficient (Wildman–Crippen LogP) is -0.747. The quantitative estimate of drug-likeness (QED) is 0.253. The van der Waals surface area contributed by atoms with Gasteiger partial charge in [0.05, 0.1) is 25.6 Å². The van der Waals surface area contributed by atoms with Crippen LogP contribution in [0.3, 0.4) is 0 Å². The van der Waals surface area contributed by atoms with E-state index in [1.165, 1.54) is 17.2 Å². The number of alkyl halides is 1. The SMILES string of the molecule is Nc1ncnc2c1ncn2[C@H]1C[C@@H]2OP(=O)([O-])OC[C@H]3O[C@@H](n4ccc(=O)[nH]c4=O)[C@H](F)[C@@H]3OP([O-])(=S)OC[C@H]2O1.[CH3+].[CH3+]. The summed E-state index contributed by atoms with van der Waals surface area (Å²) in [6, 6.07) is 0.945. The van der Waals surface area contributed by atoms with Gasteiger partial charge in [-0.1, -0.05) is 11.8 Å². The molecule has 3 aliphatic heterocycles. The molecule has 3 aromatic heterocycles. The average Bonchev–Trinajstić information content (AvgIpc) is 3.58. The lowest BCUT2D eigenvalue weighted by Crippen LogP contribution is -2.38. The Bertz CT molecular complexity index is 1690. The van der Waals surface area contributed by atoms with Gasteiger partial charge in [0, 0.05) is 33.5 Å². The van der Waals surface area contributed by atoms with Crippen LogP contribution in [0.25, 0.3) is 11.2 Å². The molecule has 43 heavy (non-hydrogen) atoms. The molecule has 234 valence electrons. The second-order valence-electron chi connectivity index (χ2n) is 9.17. The number of phosphoric acid groups is 1. The normalized spacial score (nSPS) is 36.4. The summed E-state index contributed by atoms with van der Waals surface area (Å²) < 4.78 is 62.7. The number of halogens is 1. The Morgan fingerprint density at radius 2 is 1.79 bits per heavy atom. The smallest absolute Gasteiger partial charge is 0.330 e. The van der Waals surface area contributed by atoms with E-state index in [2.05, 4.69) is 15.0 Å². The van der Waals surface area contributed by atoms with Gasteiger partial charge in [-0.2, -0.15) is 0 Å². The number of imidazole rings is 1. The highest BCUT2D eigenvalue weighted by Gasteiger charge is 2.50. The summed E-state index contributed by atoms with van der Waals surface area (Å²) in [6.45, 7) is -5.91. The summed E-state index contributed by atoms with van der Waals surface area (Å²) in [6.07, 6.45) is -7.03. The molecule has 3 saturated heterocycles. The maximum atomic E-state index is 15.5. The number of hydrogen-bond donors (Lipinski definition) is 2. The van der Waals surface area contributed by atoms with E-state index in [4.69, 9.17) is 45.1 Å². The zero-order chi connectivity index (χ0) is 29.1. The molecule has 9 atom stereocenters. The summed E-state index contributed by atoms with van der Waals surface area (Å²) in [5.74, 6) is 0.117. The number of nitrogens with one attached hydrogen (secondary N) is 1. The Morgan fingerprint density at radius 3 is 2.53 bits per heavy atom. The van der Waals surface area contributed by atoms with Crippen molar-refractivity contribution >= 4 is 43.3 Å². The van der Waals surface area contributed by atoms with Gasteiger partial charge in [-0.25, -0.2) is 24.1 Å². The molecule has 18 nitrogen and oxygen atoms in total. The third kappa shape index (κ3) is 6.54. The van der Waals surface area contributed by atoms with Crippen molar-refractivity contribution in [3.63, 3.8) is 0 Å². The minimum Gasteiger partial charge on any atom is -0.780 e. The standard InChI is InChI=1S/C19H22FN7O11P2S.2CH3/c20-13-15-10(36-18(13)26-2-1-11(28)25-19(26)29)5-33-39(30,31)37-8-3-12(35-9(8)4-34-40(32,41)38-15)27-7-24-14-16(21)22-6-23-17(14)27;;/h1-2,6-10,12-13,15,18H,3-5H2,(H,30,31)(H,32,41)(H2,21,22,23)(H,25,28,29);2*1H3/q;2*+1/p-2/t8-,9+,10+,12+,13+,15+,18+,40?;;/m0../s1. The fourth-order valence-electron chi connectivity index (χ4n) is 4.72. The van der Waals surface area contributed by atoms with Gasteiger partial charge in [0.1, 0.15) is 43.1 Å². The molecule has 6 rings (SSSR count). The Kier molecular flexibility index (Phi) is 9.51. The molecule has 0 spiro atoms. The third-order valence-electron chi connectivity index (χ3n) is 6.58. The summed E-state index contributed by atoms with van der Waals surface area (Å²) in [4.78, 5) is 63.6. The minimum atomic E-state index is -5.10. The molecule has 0 bridgehead atoms. The van der Waals surface area contributed by atoms with Crippen LogP contribution in [0.4, 0.5) is 10.2 Å². The van der Waals surface area contributed by atoms with Gasteiger partial charge in [0.15, 0.2) is 23.9 Å². The number of aromatic amines is 1. The fourth-order valence-corrected chi connectivity index (χ4v) is 7.09. The van der Waals surface area contributed by atoms with Gasteiger partial charge in [-0.3, -0.25) is 23.5 Å². The number of nitrogen functional groups attached to an aromatic ring is 1. The number of aromatic nitrogens is 6. The average molecular weight is 665 g/mol. The highest BCUT2D eigenvalue weighted by molar-refractivity contribution is 8.06. The van der Waals surface area contributed by atoms with Crippen molar-refractivity contribution in [2.24, 2.45) is 0 Å². The first-order valence-corrected chi connectivity index (χ1v) is 15.9. The van der Waals surface area contributed by atoms with Crippen molar-refractivity contribution in [2.75, 3.05) is 18.9 Å². The number of ether oxygens (including phenoxy) is 2. The Balaban J connectivity index is 0.00000212. The van der Waals surface area contributed by atoms with Crippen LogP contribution in [0, 0.1) is 14.9 Å². The van der Waals surface area contributed by atoms with Gasteiger partial charge in [0.25, 0.3) is 13.4 Å². The largest absolute Gasteiger partial charge is 0.780 e. The van der Waals surface area contributed by atoms with E-state index in [1.807, 2.05) is 4.98 Å². The van der Waals surface area contributed by atoms with Gasteiger partial charge in [0.2, 0.25) is 0 Å². The summed E-state index contributed by atoms with van der Waals surface area (Å²) in [5.41, 5.74) is 4.66. The molecular weight excluding hydrogens is 639 g/mol. The van der Waals surface area contributed by atoms with Gasteiger partial charge in [-0.05, 0) is 0 Å². The van der Waals surface area contributed by atoms with Crippen molar-refractivity contribution in [3.8, 4) is 0 Å². The van der Waals surface area contributed by atoms with E-state index >= 15 is 4.39 Å². The summed E-state index contributed by atoms with van der Waals surface area (Å²) in [7, 11) is -5.10. The number of rotatable bonds is 2. The van der Waals surface area contributed by atoms with Gasteiger partial charge < -0.3 is 43.1 Å². The molecule has 22 heteroatoms. The summed E-state index contributed by atoms with van der Waals surface area (Å²) >= 11 is 4.96. The number of H-pyrrole nitrogens is 1. The molecule has 3 aromatic rings. The predicted molar refractivity (Wildman–Crippen MR) is 145 cm³/mol. The molecule has 2 unspecified atom stereocenters. The first-order chi connectivity index (χ1) is 19.4. The lowest BCUT2D eigenvalue weighted by molar-refractivity contribution is -0.237. The summed E-state index contributed by atoms with van der Waals surface area (Å²) in [5, 5.41) is 0. The second kappa shape index (κ2) is 12.3. The van der Waals surface area contributed by atoms with Crippen LogP contribution < -0.4 is 26.8 Å². The van der Waals surface area contributed by atoms with Crippen molar-refractivity contribution in [1.82, 2.24) is 29.1 Å². The molecule has 0 amide bonds. The topological polar surface area (TPSA) is 243 Å². The van der Waals surface area contributed by atoms with E-state index in [9.17, 15) is 23.9 Å². The Hall–Kier alpha value is -2.74. The first kappa shape index (κ1) is 33.2. The monoisotopic (exact) mass is 665 g/mol. The van der Waals surface area contributed by atoms with E-state index in [0.717, 1.165) is 12.3 Å². The van der Waals surface area contributed by atoms with Crippen molar-refractivity contribution < 1.29 is 46.3 Å². The molecule has 0 radical (unpaired) electrons. The third-order valence-corrected chi connectivity index (χ3v) is 9.11. The maximum absolute atomic E-state index is 15.5. The van der Waals surface area contributed by atoms with Crippen LogP contribution in [-0.4, -0.2) is 72.9 Å². The second-order valence-corrected chi connectivity index (χ2v) is 13.2. The molecular formula is C21H26FN7O11P2S. The maximum Gasteiger partial charge on any atom is 0.330 e. The lowest BCUT2D eigenvalue weighted by atomic mass is 10.1. The zero-order valence-electron chi connectivity index (χ0n) is 22.5. The van der Waals surface area contributed by atoms with E-state index < -0.39 is 82.0 Å². The zero-order valence-corrected chi connectivity index (χ0v) is 25.1. The van der Waals surface area contributed by atoms with Crippen molar-refractivity contribution in [1.29, 1.82) is 0 Å². The number of phosphoric ester groups is 1. The van der Waals surface area contributed by atoms with Gasteiger partial charge >= 0.3 is 5.69 Å². The Labute approximate surface area is 247 Å². The molecule has 3 N–H and O–H groups in total. The van der Waals surface area contributed by atoms with Crippen molar-refractivity contribution in [2.45, 2.75) is 49.5 Å². The number of nitrogens with two attached hydrogens (primary N) is 1. The first-order valence-electron chi connectivity index (χ1n) is 11.9. The Morgan fingerprint density at radius 1 is 1.05 bits per heavy atom. The van der Waals surface area contributed by atoms with Gasteiger partial charge in [-0.15, -0.1) is 0 Å². The van der Waals surface area contributed by atoms with Crippen LogP contribution in [0.15, 0.2) is 34.5 Å². The van der Waals surface area contributed by atoms with E-state index in [1.54, 1.807) is 0 Å². The molecule has 0 aromatic carbocycles. The fraction of sp³-hybridized carbons (Fsp3) is 0.476. The van der Waals surface area contributed by atoms with E-state index in [0.29, 0.717) is 10.2 Å². The van der Waals surface area contributed by atoms with Crippen LogP contribution in [0.1, 0.15) is 18.9 Å². The molecule has 3 aliphatic rings. The minimum absolute atomic E-state index is 0. The number of anilines is 1. The number of fused-ring (bicyclic) bond motifs is 3.